The van der Waals surface area contributed by atoms with Gasteiger partial charge in [0, 0.05) is 22.3 Å². The molecular formula is C42H44N16O12. The minimum Gasteiger partial charge on any atom is -0.508 e. The first-order valence-corrected chi connectivity index (χ1v) is 22.9. The van der Waals surface area contributed by atoms with E-state index in [1.54, 1.807) is 27.7 Å². The van der Waals surface area contributed by atoms with Crippen molar-refractivity contribution in [3.63, 3.8) is 0 Å². The lowest BCUT2D eigenvalue weighted by Gasteiger charge is -2.49. The summed E-state index contributed by atoms with van der Waals surface area (Å²) in [6, 6.07) is 0.345. The van der Waals surface area contributed by atoms with Gasteiger partial charge in [0.2, 0.25) is 0 Å². The summed E-state index contributed by atoms with van der Waals surface area (Å²) in [6.07, 6.45) is -4.57. The van der Waals surface area contributed by atoms with Gasteiger partial charge < -0.3 is 20.4 Å². The van der Waals surface area contributed by atoms with Crippen LogP contribution in [0.2, 0.25) is 0 Å². The summed E-state index contributed by atoms with van der Waals surface area (Å²) in [4.78, 5) is 143. The number of hydrogen-bond donors (Lipinski definition) is 4. The van der Waals surface area contributed by atoms with Crippen LogP contribution in [0.15, 0.2) is 24.3 Å². The number of benzene rings is 2. The lowest BCUT2D eigenvalue weighted by atomic mass is 9.95. The van der Waals surface area contributed by atoms with Crippen LogP contribution < -0.4 is 0 Å². The van der Waals surface area contributed by atoms with Crippen LogP contribution in [0.3, 0.4) is 0 Å². The molecule has 16 amide bonds. The van der Waals surface area contributed by atoms with E-state index in [4.69, 9.17) is 0 Å². The average molecular weight is 965 g/mol. The molecule has 70 heavy (non-hydrogen) atoms. The number of carbonyl (C=O) groups excluding carboxylic acids is 8. The number of fused-ring (bicyclic) bond motifs is 2. The summed E-state index contributed by atoms with van der Waals surface area (Å²) in [5.74, 6) is -0.716. The molecular weight excluding hydrogens is 921 g/mol. The highest BCUT2D eigenvalue weighted by Gasteiger charge is 2.80. The molecule has 0 aromatic heterocycles. The molecule has 2 aromatic rings. The molecule has 11 fully saturated rings. The fourth-order valence-corrected chi connectivity index (χ4v) is 14.7. The van der Waals surface area contributed by atoms with Crippen molar-refractivity contribution in [3.05, 3.63) is 46.5 Å². The van der Waals surface area contributed by atoms with Crippen LogP contribution in [-0.4, -0.2) is 234 Å². The fourth-order valence-electron chi connectivity index (χ4n) is 14.7. The van der Waals surface area contributed by atoms with Crippen LogP contribution in [0.25, 0.3) is 0 Å². The monoisotopic (exact) mass is 964 g/mol. The topological polar surface area (TPSA) is 269 Å². The zero-order valence-electron chi connectivity index (χ0n) is 37.9. The Morgan fingerprint density at radius 2 is 0.500 bits per heavy atom. The van der Waals surface area contributed by atoms with Crippen molar-refractivity contribution < 1.29 is 58.8 Å². The number of hydrogen-bond acceptors (Lipinski definition) is 12. The Morgan fingerprint density at radius 1 is 0.314 bits per heavy atom. The van der Waals surface area contributed by atoms with Crippen LogP contribution in [-0.2, 0) is 26.2 Å². The molecule has 364 valence electrons. The molecule has 28 heteroatoms. The van der Waals surface area contributed by atoms with Crippen molar-refractivity contribution in [1.82, 2.24) is 78.4 Å². The van der Waals surface area contributed by atoms with Crippen LogP contribution in [0.1, 0.15) is 49.9 Å². The van der Waals surface area contributed by atoms with E-state index in [0.29, 0.717) is 0 Å². The quantitative estimate of drug-likeness (QED) is 0.256. The first kappa shape index (κ1) is 39.8. The largest absolute Gasteiger partial charge is 0.508 e. The maximum Gasteiger partial charge on any atom is 0.326 e. The molecule has 13 heterocycles. The van der Waals surface area contributed by atoms with Crippen molar-refractivity contribution in [2.75, 3.05) is 40.0 Å². The Bertz CT molecular complexity index is 2660. The van der Waals surface area contributed by atoms with Crippen LogP contribution in [0, 0.1) is 0 Å². The molecule has 0 radical (unpaired) electrons. The molecule has 11 saturated heterocycles. The molecule has 0 bridgehead atoms. The molecule has 15 rings (SSSR count). The highest BCUT2D eigenvalue weighted by Crippen LogP contribution is 2.59. The number of urea groups is 8. The van der Waals surface area contributed by atoms with E-state index < -0.39 is 136 Å². The molecule has 13 aliphatic rings. The van der Waals surface area contributed by atoms with E-state index in [-0.39, 0.29) is 71.4 Å². The van der Waals surface area contributed by atoms with Gasteiger partial charge in [-0.05, 0) is 52.0 Å². The van der Waals surface area contributed by atoms with E-state index in [2.05, 4.69) is 0 Å². The zero-order chi connectivity index (χ0) is 48.7. The second-order valence-corrected chi connectivity index (χ2v) is 20.8. The average Bonchev–Trinajstić information content (AvgIpc) is 3.97. The molecule has 13 aliphatic heterocycles. The minimum atomic E-state index is -1.55. The highest BCUT2D eigenvalue weighted by atomic mass is 16.3. The van der Waals surface area contributed by atoms with Gasteiger partial charge in [-0.1, -0.05) is 0 Å². The lowest BCUT2D eigenvalue weighted by Crippen LogP contribution is -2.69. The van der Waals surface area contributed by atoms with Gasteiger partial charge in [-0.15, -0.1) is 0 Å². The highest BCUT2D eigenvalue weighted by molar-refractivity contribution is 5.94. The van der Waals surface area contributed by atoms with Crippen LogP contribution in [0.4, 0.5) is 38.4 Å². The first-order chi connectivity index (χ1) is 33.2. The second kappa shape index (κ2) is 11.5. The van der Waals surface area contributed by atoms with E-state index >= 15 is 19.2 Å². The van der Waals surface area contributed by atoms with Gasteiger partial charge in [0.15, 0.2) is 47.3 Å². The number of aromatic hydroxyl groups is 4. The Kier molecular flexibility index (Phi) is 6.50. The standard InChI is InChI=1S/C42H44N16O12/c1-39-41(3)55-15-47-29-27-43(31(47)63)13-45-28-30-49(33(45)65)17-57-37(69)53-11-21-22(26(62)8-7-25(21)61)12-54-38(70)58(42(57,4)40(53,54)2)18-50(30)34(66)46(28)14-44(27)32(64)48(29)16-56(41)36(68)52(39)10-20-19(9-51(39)35(55)67)23(59)5-6-24(20)60/h5-8,27-30,59-62H,9-18H2,1-4H3. The molecule has 0 saturated carbocycles. The molecule has 0 unspecified atom stereocenters. The van der Waals surface area contributed by atoms with Gasteiger partial charge >= 0.3 is 48.2 Å². The fraction of sp³-hybridized carbons (Fsp3) is 0.524. The number of amides is 16. The third-order valence-electron chi connectivity index (χ3n) is 18.7. The number of carbonyl (C=O) groups is 8. The molecule has 4 N–H and O–H groups in total. The summed E-state index contributed by atoms with van der Waals surface area (Å²) >= 11 is 0. The van der Waals surface area contributed by atoms with Crippen molar-refractivity contribution in [2.45, 2.75) is 101 Å². The third kappa shape index (κ3) is 3.72. The molecule has 0 aliphatic carbocycles. The number of rotatable bonds is 0. The Labute approximate surface area is 395 Å². The summed E-state index contributed by atoms with van der Waals surface area (Å²) in [5, 5.41) is 43.9. The third-order valence-corrected chi connectivity index (χ3v) is 18.7. The summed E-state index contributed by atoms with van der Waals surface area (Å²) in [7, 11) is 0. The van der Waals surface area contributed by atoms with Gasteiger partial charge in [0.05, 0.1) is 26.2 Å². The molecule has 2 aromatic carbocycles. The van der Waals surface area contributed by atoms with Crippen molar-refractivity contribution in [2.24, 2.45) is 0 Å². The smallest absolute Gasteiger partial charge is 0.326 e. The van der Waals surface area contributed by atoms with Gasteiger partial charge in [-0.3, -0.25) is 78.4 Å². The van der Waals surface area contributed by atoms with Crippen molar-refractivity contribution >= 4 is 48.2 Å². The van der Waals surface area contributed by atoms with Gasteiger partial charge in [-0.2, -0.15) is 0 Å². The van der Waals surface area contributed by atoms with Crippen LogP contribution in [0.5, 0.6) is 23.0 Å². The van der Waals surface area contributed by atoms with E-state index in [1.165, 1.54) is 103 Å². The maximum atomic E-state index is 15.2. The van der Waals surface area contributed by atoms with E-state index in [9.17, 15) is 39.6 Å². The predicted molar refractivity (Wildman–Crippen MR) is 225 cm³/mol. The SMILES string of the molecule is CC12N3Cc4c(O)ccc(O)c4CN1C(=O)N1CN4C(=O)N5CN6C(=O)N7CN8C(=O)N9Cc%10c(O)ccc(O)c%10CN%10C(=O)N(CN%11C(=O)N(CN%12C(=O)N(CN(C3=O)C12C)C4C%125)C6C%117)C8(C)C%109C. The summed E-state index contributed by atoms with van der Waals surface area (Å²) in [6.45, 7) is 3.43. The summed E-state index contributed by atoms with van der Waals surface area (Å²) in [5.41, 5.74) is -5.00. The van der Waals surface area contributed by atoms with Crippen molar-refractivity contribution in [3.8, 4) is 23.0 Å². The number of nitrogens with zero attached hydrogens (tertiary/aromatic N) is 16. The Balaban J connectivity index is 0.814. The first-order valence-electron chi connectivity index (χ1n) is 22.9. The normalized spacial score (nSPS) is 35.9. The van der Waals surface area contributed by atoms with Gasteiger partial charge in [0.1, 0.15) is 63.0 Å². The van der Waals surface area contributed by atoms with E-state index in [1.807, 2.05) is 0 Å². The molecule has 28 nitrogen and oxygen atoms in total. The summed E-state index contributed by atoms with van der Waals surface area (Å²) < 4.78 is 0. The second-order valence-electron chi connectivity index (χ2n) is 20.8. The van der Waals surface area contributed by atoms with Crippen LogP contribution >= 0.6 is 0 Å². The zero-order valence-corrected chi connectivity index (χ0v) is 37.9. The maximum absolute atomic E-state index is 15.2. The Hall–Kier alpha value is -8.20. The molecule has 0 spiro atoms. The van der Waals surface area contributed by atoms with Gasteiger partial charge in [-0.25, -0.2) is 38.4 Å². The number of phenolic OH excluding ortho intramolecular Hbond substituents is 4. The van der Waals surface area contributed by atoms with Crippen molar-refractivity contribution in [1.29, 1.82) is 0 Å². The van der Waals surface area contributed by atoms with E-state index in [0.717, 1.165) is 0 Å². The van der Waals surface area contributed by atoms with Gasteiger partial charge in [0.25, 0.3) is 0 Å². The number of phenols is 4. The lowest BCUT2D eigenvalue weighted by molar-refractivity contribution is -0.0871. The minimum absolute atomic E-state index is 0.179. The predicted octanol–water partition coefficient (Wildman–Crippen LogP) is 0.0922. The Morgan fingerprint density at radius 3 is 0.714 bits per heavy atom. The molecule has 0 atom stereocenters.